The van der Waals surface area contributed by atoms with Crippen LogP contribution in [0.5, 0.6) is 11.5 Å². The number of aromatic nitrogens is 2. The number of methoxy groups -OCH3 is 2. The molecular formula is C19H21N3O7. The summed E-state index contributed by atoms with van der Waals surface area (Å²) in [4.78, 5) is 48.2. The molecule has 0 atom stereocenters. The maximum Gasteiger partial charge on any atom is 0.332 e. The number of hydrogen-bond donors (Lipinski definition) is 1. The second-order valence-electron chi connectivity index (χ2n) is 5.94. The lowest BCUT2D eigenvalue weighted by Gasteiger charge is -2.10. The van der Waals surface area contributed by atoms with Crippen LogP contribution >= 0.6 is 0 Å². The first-order chi connectivity index (χ1) is 13.7. The van der Waals surface area contributed by atoms with Crippen LogP contribution in [0.4, 0.5) is 5.82 Å². The predicted molar refractivity (Wildman–Crippen MR) is 105 cm³/mol. The van der Waals surface area contributed by atoms with Gasteiger partial charge in [0.1, 0.15) is 22.9 Å². The van der Waals surface area contributed by atoms with E-state index >= 15 is 0 Å². The summed E-state index contributed by atoms with van der Waals surface area (Å²) in [6.07, 6.45) is 2.54. The van der Waals surface area contributed by atoms with E-state index in [2.05, 4.69) is 0 Å². The van der Waals surface area contributed by atoms with Crippen molar-refractivity contribution < 1.29 is 23.8 Å². The van der Waals surface area contributed by atoms with Crippen LogP contribution in [-0.4, -0.2) is 41.7 Å². The highest BCUT2D eigenvalue weighted by Crippen LogP contribution is 2.25. The molecule has 1 heterocycles. The molecule has 1 aromatic carbocycles. The lowest BCUT2D eigenvalue weighted by atomic mass is 10.1. The zero-order chi connectivity index (χ0) is 21.7. The fraction of sp³-hybridized carbons (Fsp3) is 0.263. The topological polar surface area (TPSA) is 132 Å². The number of carbonyl (C=O) groups excluding carboxylic acids is 2. The smallest absolute Gasteiger partial charge is 0.332 e. The van der Waals surface area contributed by atoms with Crippen LogP contribution < -0.4 is 26.5 Å². The number of esters is 1. The van der Waals surface area contributed by atoms with Gasteiger partial charge in [-0.05, 0) is 24.3 Å². The van der Waals surface area contributed by atoms with Crippen LogP contribution in [-0.2, 0) is 23.6 Å². The minimum absolute atomic E-state index is 0.296. The highest BCUT2D eigenvalue weighted by Gasteiger charge is 2.21. The number of benzene rings is 1. The minimum atomic E-state index is -0.858. The zero-order valence-electron chi connectivity index (χ0n) is 16.4. The van der Waals surface area contributed by atoms with Crippen molar-refractivity contribution in [2.24, 2.45) is 14.1 Å². The van der Waals surface area contributed by atoms with E-state index in [1.54, 1.807) is 18.2 Å². The average Bonchev–Trinajstić information content (AvgIpc) is 2.73. The summed E-state index contributed by atoms with van der Waals surface area (Å²) < 4.78 is 16.9. The van der Waals surface area contributed by atoms with Gasteiger partial charge in [-0.15, -0.1) is 0 Å². The van der Waals surface area contributed by atoms with Crippen LogP contribution in [0.3, 0.4) is 0 Å². The van der Waals surface area contributed by atoms with Crippen molar-refractivity contribution in [1.29, 1.82) is 0 Å². The van der Waals surface area contributed by atoms with Gasteiger partial charge in [0, 0.05) is 25.7 Å². The zero-order valence-corrected chi connectivity index (χ0v) is 16.4. The molecule has 0 unspecified atom stereocenters. The Balaban J connectivity index is 2.15. The van der Waals surface area contributed by atoms with Crippen molar-refractivity contribution in [3.05, 3.63) is 56.2 Å². The molecule has 0 amide bonds. The van der Waals surface area contributed by atoms with E-state index in [1.807, 2.05) is 0 Å². The van der Waals surface area contributed by atoms with Crippen molar-refractivity contribution in [3.8, 4) is 11.5 Å². The molecule has 0 saturated carbocycles. The molecule has 1 aromatic heterocycles. The highest BCUT2D eigenvalue weighted by molar-refractivity contribution is 6.02. The monoisotopic (exact) mass is 403 g/mol. The second kappa shape index (κ2) is 8.91. The molecule has 0 aliphatic rings. The Labute approximate surface area is 165 Å². The fourth-order valence-electron chi connectivity index (χ4n) is 2.51. The number of nitrogen functional groups attached to an aromatic ring is 1. The van der Waals surface area contributed by atoms with Crippen LogP contribution in [0.25, 0.3) is 6.08 Å². The lowest BCUT2D eigenvalue weighted by Crippen LogP contribution is -2.42. The molecule has 2 N–H and O–H groups in total. The van der Waals surface area contributed by atoms with Gasteiger partial charge in [0.05, 0.1) is 14.2 Å². The first-order valence-electron chi connectivity index (χ1n) is 8.36. The largest absolute Gasteiger partial charge is 0.497 e. The summed E-state index contributed by atoms with van der Waals surface area (Å²) >= 11 is 0. The highest BCUT2D eigenvalue weighted by atomic mass is 16.5. The molecule has 0 aliphatic heterocycles. The molecule has 154 valence electrons. The van der Waals surface area contributed by atoms with Crippen molar-refractivity contribution in [2.45, 2.75) is 0 Å². The molecule has 29 heavy (non-hydrogen) atoms. The number of Topliss-reactive ketones (excluding diaryl/α,β-unsaturated/α-hetero) is 1. The van der Waals surface area contributed by atoms with Crippen LogP contribution in [0, 0.1) is 0 Å². The third-order valence-corrected chi connectivity index (χ3v) is 4.17. The predicted octanol–water partition coefficient (Wildman–Crippen LogP) is 0.123. The molecule has 0 radical (unpaired) electrons. The van der Waals surface area contributed by atoms with Gasteiger partial charge in [0.25, 0.3) is 5.56 Å². The van der Waals surface area contributed by atoms with Gasteiger partial charge >= 0.3 is 11.7 Å². The maximum atomic E-state index is 12.3. The Kier molecular flexibility index (Phi) is 6.60. The Morgan fingerprint density at radius 2 is 1.79 bits per heavy atom. The molecule has 0 spiro atoms. The van der Waals surface area contributed by atoms with E-state index in [1.165, 1.54) is 34.4 Å². The number of hydrogen-bond acceptors (Lipinski definition) is 8. The lowest BCUT2D eigenvalue weighted by molar-refractivity contribution is -0.136. The van der Waals surface area contributed by atoms with Crippen molar-refractivity contribution in [1.82, 2.24) is 9.13 Å². The Hall–Kier alpha value is -3.82. The number of nitrogens with two attached hydrogens (primary N) is 1. The maximum absolute atomic E-state index is 12.3. The number of carbonyl (C=O) groups is 2. The standard InChI is InChI=1S/C19H21N3O7/c1-21-17(20)16(18(25)22(2)19(21)26)13(23)10-29-15(24)8-5-11-9-12(27-3)6-7-14(11)28-4/h5-9H,10,20H2,1-4H3/b8-5+. The van der Waals surface area contributed by atoms with Gasteiger partial charge in [-0.25, -0.2) is 9.59 Å². The number of anilines is 1. The van der Waals surface area contributed by atoms with E-state index in [0.29, 0.717) is 17.1 Å². The minimum Gasteiger partial charge on any atom is -0.497 e. The number of ketones is 1. The van der Waals surface area contributed by atoms with E-state index < -0.39 is 35.2 Å². The summed E-state index contributed by atoms with van der Waals surface area (Å²) in [5.41, 5.74) is 4.32. The normalized spacial score (nSPS) is 10.8. The van der Waals surface area contributed by atoms with Crippen molar-refractivity contribution in [3.63, 3.8) is 0 Å². The van der Waals surface area contributed by atoms with E-state index in [0.717, 1.165) is 15.2 Å². The van der Waals surface area contributed by atoms with Crippen molar-refractivity contribution in [2.75, 3.05) is 26.6 Å². The molecule has 0 bridgehead atoms. The van der Waals surface area contributed by atoms with Gasteiger partial charge in [-0.1, -0.05) is 0 Å². The van der Waals surface area contributed by atoms with Gasteiger partial charge in [0.2, 0.25) is 5.78 Å². The van der Waals surface area contributed by atoms with Gasteiger partial charge in [-0.2, -0.15) is 0 Å². The van der Waals surface area contributed by atoms with Crippen molar-refractivity contribution >= 4 is 23.6 Å². The summed E-state index contributed by atoms with van der Waals surface area (Å²) in [6.45, 7) is -0.712. The van der Waals surface area contributed by atoms with Gasteiger partial charge in [0.15, 0.2) is 6.61 Å². The molecule has 0 saturated heterocycles. The number of nitrogens with zero attached hydrogens (tertiary/aromatic N) is 2. The Morgan fingerprint density at radius 1 is 1.10 bits per heavy atom. The third kappa shape index (κ3) is 4.54. The Morgan fingerprint density at radius 3 is 2.41 bits per heavy atom. The summed E-state index contributed by atoms with van der Waals surface area (Å²) in [5.74, 6) is -0.860. The molecule has 2 aromatic rings. The van der Waals surface area contributed by atoms with Crippen LogP contribution in [0.1, 0.15) is 15.9 Å². The molecule has 0 fully saturated rings. The molecule has 0 aliphatic carbocycles. The molecule has 2 rings (SSSR count). The summed E-state index contributed by atoms with van der Waals surface area (Å²) in [7, 11) is 5.53. The third-order valence-electron chi connectivity index (χ3n) is 4.17. The number of rotatable bonds is 7. The molecular weight excluding hydrogens is 382 g/mol. The van der Waals surface area contributed by atoms with E-state index in [-0.39, 0.29) is 5.82 Å². The van der Waals surface area contributed by atoms with Crippen LogP contribution in [0.15, 0.2) is 33.9 Å². The van der Waals surface area contributed by atoms with E-state index in [4.69, 9.17) is 19.9 Å². The average molecular weight is 403 g/mol. The quantitative estimate of drug-likeness (QED) is 0.392. The fourth-order valence-corrected chi connectivity index (χ4v) is 2.51. The Bertz CT molecular complexity index is 1100. The van der Waals surface area contributed by atoms with Gasteiger partial charge < -0.3 is 19.9 Å². The van der Waals surface area contributed by atoms with Crippen LogP contribution in [0.2, 0.25) is 0 Å². The first-order valence-corrected chi connectivity index (χ1v) is 8.36. The number of ether oxygens (including phenoxy) is 3. The van der Waals surface area contributed by atoms with Gasteiger partial charge in [-0.3, -0.25) is 18.7 Å². The van der Waals surface area contributed by atoms with E-state index in [9.17, 15) is 19.2 Å². The SMILES string of the molecule is COc1ccc(OC)c(/C=C/C(=O)OCC(=O)c2c(N)n(C)c(=O)n(C)c2=O)c1. The summed E-state index contributed by atoms with van der Waals surface area (Å²) in [6, 6.07) is 5.03. The second-order valence-corrected chi connectivity index (χ2v) is 5.94. The molecule has 10 nitrogen and oxygen atoms in total. The molecule has 10 heteroatoms. The first kappa shape index (κ1) is 21.5. The summed E-state index contributed by atoms with van der Waals surface area (Å²) in [5, 5.41) is 0.